The van der Waals surface area contributed by atoms with Gasteiger partial charge in [0.2, 0.25) is 0 Å². The number of halogens is 1. The third-order valence-corrected chi connectivity index (χ3v) is 1.98. The molecule has 12 heavy (non-hydrogen) atoms. The summed E-state index contributed by atoms with van der Waals surface area (Å²) in [6.45, 7) is 1.82. The van der Waals surface area contributed by atoms with Crippen LogP contribution in [0.4, 0.5) is 0 Å². The first kappa shape index (κ1) is 7.36. The minimum Gasteiger partial charge on any atom is -0.310 e. The highest BCUT2D eigenvalue weighted by Gasteiger charge is 2.06. The van der Waals surface area contributed by atoms with Crippen molar-refractivity contribution in [3.05, 3.63) is 33.5 Å². The number of rotatable bonds is 0. The molecule has 1 N–H and O–H groups in total. The summed E-state index contributed by atoms with van der Waals surface area (Å²) in [6.07, 6.45) is 1.32. The predicted molar refractivity (Wildman–Crippen MR) is 45.6 cm³/mol. The molecule has 0 spiro atoms. The second kappa shape index (κ2) is 2.35. The molecule has 2 heterocycles. The monoisotopic (exact) mass is 183 g/mol. The first-order valence-electron chi connectivity index (χ1n) is 3.41. The van der Waals surface area contributed by atoms with Gasteiger partial charge in [-0.3, -0.25) is 4.79 Å². The Morgan fingerprint density at radius 1 is 1.67 bits per heavy atom. The molecule has 2 rings (SSSR count). The molecule has 0 saturated heterocycles. The fourth-order valence-electron chi connectivity index (χ4n) is 1.18. The lowest BCUT2D eigenvalue weighted by atomic mass is 10.3. The van der Waals surface area contributed by atoms with E-state index in [1.54, 1.807) is 6.07 Å². The van der Waals surface area contributed by atoms with Crippen LogP contribution in [0.5, 0.6) is 0 Å². The average molecular weight is 184 g/mol. The van der Waals surface area contributed by atoms with Crippen LogP contribution in [-0.4, -0.2) is 14.6 Å². The van der Waals surface area contributed by atoms with Gasteiger partial charge in [0.1, 0.15) is 17.0 Å². The molecule has 0 aliphatic carbocycles. The molecule has 5 heteroatoms. The van der Waals surface area contributed by atoms with Crippen molar-refractivity contribution in [3.63, 3.8) is 0 Å². The van der Waals surface area contributed by atoms with E-state index >= 15 is 0 Å². The van der Waals surface area contributed by atoms with Crippen molar-refractivity contribution >= 4 is 17.1 Å². The number of fused-ring (bicyclic) bond motifs is 1. The minimum atomic E-state index is -0.172. The van der Waals surface area contributed by atoms with E-state index in [4.69, 9.17) is 11.6 Å². The van der Waals surface area contributed by atoms with Crippen molar-refractivity contribution in [2.45, 2.75) is 6.92 Å². The van der Waals surface area contributed by atoms with E-state index in [-0.39, 0.29) is 5.56 Å². The second-order valence-corrected chi connectivity index (χ2v) is 2.92. The van der Waals surface area contributed by atoms with E-state index in [0.717, 1.165) is 5.56 Å². The maximum Gasteiger partial charge on any atom is 0.275 e. The Bertz CT molecular complexity index is 485. The topological polar surface area (TPSA) is 50.2 Å². The Morgan fingerprint density at radius 2 is 2.42 bits per heavy atom. The largest absolute Gasteiger partial charge is 0.310 e. The van der Waals surface area contributed by atoms with Gasteiger partial charge in [0.25, 0.3) is 5.56 Å². The summed E-state index contributed by atoms with van der Waals surface area (Å²) in [7, 11) is 0. The van der Waals surface area contributed by atoms with Crippen molar-refractivity contribution in [2.24, 2.45) is 0 Å². The lowest BCUT2D eigenvalue weighted by molar-refractivity contribution is 0.888. The van der Waals surface area contributed by atoms with Gasteiger partial charge < -0.3 is 4.98 Å². The first-order chi connectivity index (χ1) is 5.70. The lowest BCUT2D eigenvalue weighted by Gasteiger charge is -1.92. The predicted octanol–water partition coefficient (Wildman–Crippen LogP) is 0.984. The molecule has 4 nitrogen and oxygen atoms in total. The zero-order chi connectivity index (χ0) is 8.72. The summed E-state index contributed by atoms with van der Waals surface area (Å²) in [5, 5.41) is 4.34. The minimum absolute atomic E-state index is 0.172. The molecule has 0 aromatic carbocycles. The second-order valence-electron chi connectivity index (χ2n) is 2.53. The van der Waals surface area contributed by atoms with E-state index in [2.05, 4.69) is 10.1 Å². The SMILES string of the molecule is Cc1cc(Cl)n2nc[nH]c(=O)c12. The van der Waals surface area contributed by atoms with E-state index in [0.29, 0.717) is 10.7 Å². The summed E-state index contributed by atoms with van der Waals surface area (Å²) in [6, 6.07) is 1.71. The van der Waals surface area contributed by atoms with Crippen LogP contribution in [0.1, 0.15) is 5.56 Å². The van der Waals surface area contributed by atoms with Gasteiger partial charge in [-0.2, -0.15) is 5.10 Å². The molecule has 0 bridgehead atoms. The van der Waals surface area contributed by atoms with Gasteiger partial charge in [0, 0.05) is 0 Å². The number of aryl methyl sites for hydroxylation is 1. The van der Waals surface area contributed by atoms with Gasteiger partial charge in [0.15, 0.2) is 0 Å². The number of hydrogen-bond donors (Lipinski definition) is 1. The molecule has 0 unspecified atom stereocenters. The maximum absolute atomic E-state index is 11.2. The smallest absolute Gasteiger partial charge is 0.275 e. The van der Waals surface area contributed by atoms with Crippen molar-refractivity contribution in [1.82, 2.24) is 14.6 Å². The summed E-state index contributed by atoms with van der Waals surface area (Å²) in [4.78, 5) is 13.7. The van der Waals surface area contributed by atoms with Crippen molar-refractivity contribution in [2.75, 3.05) is 0 Å². The molecule has 0 fully saturated rings. The van der Waals surface area contributed by atoms with E-state index < -0.39 is 0 Å². The van der Waals surface area contributed by atoms with Gasteiger partial charge in [-0.05, 0) is 18.6 Å². The third-order valence-electron chi connectivity index (χ3n) is 1.71. The van der Waals surface area contributed by atoms with Gasteiger partial charge in [-0.25, -0.2) is 4.52 Å². The van der Waals surface area contributed by atoms with E-state index in [1.807, 2.05) is 6.92 Å². The van der Waals surface area contributed by atoms with Gasteiger partial charge in [-0.1, -0.05) is 11.6 Å². The van der Waals surface area contributed by atoms with Gasteiger partial charge >= 0.3 is 0 Å². The molecule has 0 atom stereocenters. The highest BCUT2D eigenvalue weighted by atomic mass is 35.5. The van der Waals surface area contributed by atoms with Crippen LogP contribution in [-0.2, 0) is 0 Å². The Morgan fingerprint density at radius 3 is 3.08 bits per heavy atom. The Balaban J connectivity index is 3.09. The Kier molecular flexibility index (Phi) is 1.44. The van der Waals surface area contributed by atoms with Crippen LogP contribution in [0.2, 0.25) is 5.15 Å². The molecule has 0 amide bonds. The molecular formula is C7H6ClN3O. The van der Waals surface area contributed by atoms with Crippen molar-refractivity contribution < 1.29 is 0 Å². The number of hydrogen-bond acceptors (Lipinski definition) is 2. The molecular weight excluding hydrogens is 178 g/mol. The van der Waals surface area contributed by atoms with Crippen LogP contribution < -0.4 is 5.56 Å². The molecule has 0 aliphatic heterocycles. The third kappa shape index (κ3) is 0.848. The number of H-pyrrole nitrogens is 1. The van der Waals surface area contributed by atoms with E-state index in [9.17, 15) is 4.79 Å². The fourth-order valence-corrected chi connectivity index (χ4v) is 1.48. The molecule has 0 aliphatic rings. The Hall–Kier alpha value is -1.29. The van der Waals surface area contributed by atoms with E-state index in [1.165, 1.54) is 10.8 Å². The molecule has 0 saturated carbocycles. The van der Waals surface area contributed by atoms with Gasteiger partial charge in [-0.15, -0.1) is 0 Å². The normalized spacial score (nSPS) is 10.8. The number of nitrogens with zero attached hydrogens (tertiary/aromatic N) is 2. The van der Waals surface area contributed by atoms with Crippen LogP contribution in [0.15, 0.2) is 17.2 Å². The average Bonchev–Trinajstić information content (AvgIpc) is 2.29. The number of nitrogens with one attached hydrogen (secondary N) is 1. The highest BCUT2D eigenvalue weighted by molar-refractivity contribution is 6.30. The number of aromatic nitrogens is 3. The first-order valence-corrected chi connectivity index (χ1v) is 3.79. The van der Waals surface area contributed by atoms with Crippen molar-refractivity contribution in [3.8, 4) is 0 Å². The highest BCUT2D eigenvalue weighted by Crippen LogP contribution is 2.14. The maximum atomic E-state index is 11.2. The molecule has 0 radical (unpaired) electrons. The summed E-state index contributed by atoms with van der Waals surface area (Å²) in [5.41, 5.74) is 1.16. The van der Waals surface area contributed by atoms with Crippen molar-refractivity contribution in [1.29, 1.82) is 0 Å². The standard InChI is InChI=1S/C7H6ClN3O/c1-4-2-5(8)11-6(4)7(12)9-3-10-11/h2-3H,1H3,(H,9,10,12). The quantitative estimate of drug-likeness (QED) is 0.662. The summed E-state index contributed by atoms with van der Waals surface area (Å²) >= 11 is 5.80. The lowest BCUT2D eigenvalue weighted by Crippen LogP contribution is -2.10. The van der Waals surface area contributed by atoms with Crippen LogP contribution >= 0.6 is 11.6 Å². The molecule has 62 valence electrons. The fraction of sp³-hybridized carbons (Fsp3) is 0.143. The zero-order valence-electron chi connectivity index (χ0n) is 6.34. The van der Waals surface area contributed by atoms with Crippen LogP contribution in [0, 0.1) is 6.92 Å². The summed E-state index contributed by atoms with van der Waals surface area (Å²) < 4.78 is 1.41. The Labute approximate surface area is 72.8 Å². The molecule has 2 aromatic rings. The van der Waals surface area contributed by atoms with Crippen LogP contribution in [0.3, 0.4) is 0 Å². The summed E-state index contributed by atoms with van der Waals surface area (Å²) in [5.74, 6) is 0. The zero-order valence-corrected chi connectivity index (χ0v) is 7.09. The van der Waals surface area contributed by atoms with Crippen LogP contribution in [0.25, 0.3) is 5.52 Å². The molecule has 2 aromatic heterocycles. The van der Waals surface area contributed by atoms with Gasteiger partial charge in [0.05, 0.1) is 0 Å². The number of aromatic amines is 1.